The first kappa shape index (κ1) is 19.6. The number of aromatic nitrogens is 3. The van der Waals surface area contributed by atoms with E-state index in [0.717, 1.165) is 23.3 Å². The Labute approximate surface area is 173 Å². The van der Waals surface area contributed by atoms with Crippen molar-refractivity contribution in [3.63, 3.8) is 0 Å². The monoisotopic (exact) mass is 409 g/mol. The van der Waals surface area contributed by atoms with Crippen LogP contribution < -0.4 is 10.2 Å². The van der Waals surface area contributed by atoms with Crippen molar-refractivity contribution in [3.05, 3.63) is 53.0 Å². The molecule has 0 aliphatic carbocycles. The molecule has 1 aromatic carbocycles. The highest BCUT2D eigenvalue weighted by molar-refractivity contribution is 5.90. The number of nitro benzene ring substituents is 1. The molecule has 2 atom stereocenters. The van der Waals surface area contributed by atoms with Crippen molar-refractivity contribution >= 4 is 34.3 Å². The fourth-order valence-corrected chi connectivity index (χ4v) is 3.93. The summed E-state index contributed by atoms with van der Waals surface area (Å²) in [4.78, 5) is 39.0. The van der Waals surface area contributed by atoms with Gasteiger partial charge in [-0.15, -0.1) is 0 Å². The SMILES string of the molecule is CC1CCN(C(=O)Nc2cccc([N+](=O)[O-])c2)CC1N(C)c1ncnc2[nH]ccc12. The van der Waals surface area contributed by atoms with Crippen LogP contribution in [0.2, 0.25) is 0 Å². The average molecular weight is 409 g/mol. The Morgan fingerprint density at radius 3 is 3.00 bits per heavy atom. The number of fused-ring (bicyclic) bond motifs is 1. The smallest absolute Gasteiger partial charge is 0.321 e. The van der Waals surface area contributed by atoms with Crippen molar-refractivity contribution in [2.45, 2.75) is 19.4 Å². The molecule has 1 fully saturated rings. The largest absolute Gasteiger partial charge is 0.354 e. The third-order valence-corrected chi connectivity index (χ3v) is 5.68. The molecule has 0 bridgehead atoms. The second kappa shape index (κ2) is 7.97. The first-order chi connectivity index (χ1) is 14.4. The number of piperidine rings is 1. The second-order valence-electron chi connectivity index (χ2n) is 7.57. The number of H-pyrrole nitrogens is 1. The molecular formula is C20H23N7O3. The number of carbonyl (C=O) groups is 1. The molecule has 1 aliphatic heterocycles. The Morgan fingerprint density at radius 2 is 2.20 bits per heavy atom. The highest BCUT2D eigenvalue weighted by Gasteiger charge is 2.33. The van der Waals surface area contributed by atoms with Gasteiger partial charge >= 0.3 is 6.03 Å². The van der Waals surface area contributed by atoms with Gasteiger partial charge in [0.15, 0.2) is 0 Å². The first-order valence-corrected chi connectivity index (χ1v) is 9.75. The number of amides is 2. The molecule has 2 N–H and O–H groups in total. The number of benzene rings is 1. The van der Waals surface area contributed by atoms with Gasteiger partial charge in [0, 0.05) is 44.2 Å². The molecule has 4 rings (SSSR count). The van der Waals surface area contributed by atoms with Crippen molar-refractivity contribution in [1.29, 1.82) is 0 Å². The molecule has 2 aromatic heterocycles. The van der Waals surface area contributed by atoms with Gasteiger partial charge in [0.2, 0.25) is 0 Å². The number of anilines is 2. The number of non-ortho nitro benzene ring substituents is 1. The van der Waals surface area contributed by atoms with Gasteiger partial charge in [-0.2, -0.15) is 0 Å². The van der Waals surface area contributed by atoms with Gasteiger partial charge in [0.05, 0.1) is 16.4 Å². The van der Waals surface area contributed by atoms with Crippen molar-refractivity contribution in [2.75, 3.05) is 30.4 Å². The van der Waals surface area contributed by atoms with Crippen LogP contribution in [0.3, 0.4) is 0 Å². The van der Waals surface area contributed by atoms with Crippen LogP contribution in [0, 0.1) is 16.0 Å². The number of carbonyl (C=O) groups excluding carboxylic acids is 1. The normalized spacial score (nSPS) is 18.9. The van der Waals surface area contributed by atoms with Gasteiger partial charge in [0.1, 0.15) is 17.8 Å². The lowest BCUT2D eigenvalue weighted by atomic mass is 9.92. The van der Waals surface area contributed by atoms with Gasteiger partial charge in [0.25, 0.3) is 5.69 Å². The minimum atomic E-state index is -0.479. The molecule has 0 saturated carbocycles. The zero-order chi connectivity index (χ0) is 21.3. The Kier molecular flexibility index (Phi) is 5.21. The van der Waals surface area contributed by atoms with E-state index in [0.29, 0.717) is 24.7 Å². The van der Waals surface area contributed by atoms with Crippen LogP contribution in [0.15, 0.2) is 42.9 Å². The van der Waals surface area contributed by atoms with Gasteiger partial charge < -0.3 is 20.1 Å². The minimum absolute atomic E-state index is 0.0584. The van der Waals surface area contributed by atoms with Gasteiger partial charge in [-0.1, -0.05) is 13.0 Å². The fourth-order valence-electron chi connectivity index (χ4n) is 3.93. The molecule has 1 saturated heterocycles. The summed E-state index contributed by atoms with van der Waals surface area (Å²) in [5.41, 5.74) is 1.12. The summed E-state index contributed by atoms with van der Waals surface area (Å²) in [7, 11) is 1.98. The van der Waals surface area contributed by atoms with Crippen LogP contribution in [0.4, 0.5) is 22.0 Å². The van der Waals surface area contributed by atoms with E-state index in [1.54, 1.807) is 17.0 Å². The number of urea groups is 1. The maximum atomic E-state index is 12.8. The number of nitrogens with one attached hydrogen (secondary N) is 2. The lowest BCUT2D eigenvalue weighted by molar-refractivity contribution is -0.384. The lowest BCUT2D eigenvalue weighted by Crippen LogP contribution is -2.53. The molecule has 10 nitrogen and oxygen atoms in total. The Balaban J connectivity index is 1.50. The summed E-state index contributed by atoms with van der Waals surface area (Å²) < 4.78 is 0. The van der Waals surface area contributed by atoms with Crippen LogP contribution in [-0.2, 0) is 0 Å². The van der Waals surface area contributed by atoms with E-state index in [9.17, 15) is 14.9 Å². The van der Waals surface area contributed by atoms with Crippen molar-refractivity contribution < 1.29 is 9.72 Å². The second-order valence-corrected chi connectivity index (χ2v) is 7.57. The third-order valence-electron chi connectivity index (χ3n) is 5.68. The molecule has 10 heteroatoms. The number of aromatic amines is 1. The quantitative estimate of drug-likeness (QED) is 0.504. The zero-order valence-corrected chi connectivity index (χ0v) is 16.8. The Morgan fingerprint density at radius 1 is 1.37 bits per heavy atom. The van der Waals surface area contributed by atoms with Gasteiger partial charge in [-0.05, 0) is 24.5 Å². The summed E-state index contributed by atoms with van der Waals surface area (Å²) in [6, 6.07) is 7.70. The third kappa shape index (κ3) is 3.76. The number of hydrogen-bond donors (Lipinski definition) is 2. The Bertz CT molecular complexity index is 1080. The number of likely N-dealkylation sites (tertiary alicyclic amines) is 1. The van der Waals surface area contributed by atoms with E-state index >= 15 is 0 Å². The van der Waals surface area contributed by atoms with Crippen molar-refractivity contribution in [1.82, 2.24) is 19.9 Å². The maximum absolute atomic E-state index is 12.8. The average Bonchev–Trinajstić information content (AvgIpc) is 3.22. The molecule has 2 amide bonds. The summed E-state index contributed by atoms with van der Waals surface area (Å²) in [5.74, 6) is 1.18. The highest BCUT2D eigenvalue weighted by Crippen LogP contribution is 2.29. The number of nitrogens with zero attached hydrogens (tertiary/aromatic N) is 5. The highest BCUT2D eigenvalue weighted by atomic mass is 16.6. The Hall–Kier alpha value is -3.69. The molecular weight excluding hydrogens is 386 g/mol. The minimum Gasteiger partial charge on any atom is -0.354 e. The van der Waals surface area contributed by atoms with Gasteiger partial charge in [-0.25, -0.2) is 14.8 Å². The molecule has 3 aromatic rings. The fraction of sp³-hybridized carbons (Fsp3) is 0.350. The summed E-state index contributed by atoms with van der Waals surface area (Å²) in [5, 5.41) is 14.7. The molecule has 3 heterocycles. The summed E-state index contributed by atoms with van der Waals surface area (Å²) in [6.07, 6.45) is 4.21. The van der Waals surface area contributed by atoms with Crippen molar-refractivity contribution in [3.8, 4) is 0 Å². The van der Waals surface area contributed by atoms with Crippen LogP contribution in [0.5, 0.6) is 0 Å². The molecule has 0 radical (unpaired) electrons. The van der Waals surface area contributed by atoms with Crippen LogP contribution in [-0.4, -0.2) is 57.0 Å². The lowest BCUT2D eigenvalue weighted by Gasteiger charge is -2.42. The van der Waals surface area contributed by atoms with Gasteiger partial charge in [-0.3, -0.25) is 10.1 Å². The van der Waals surface area contributed by atoms with Crippen molar-refractivity contribution in [2.24, 2.45) is 5.92 Å². The zero-order valence-electron chi connectivity index (χ0n) is 16.8. The van der Waals surface area contributed by atoms with Crippen LogP contribution in [0.25, 0.3) is 11.0 Å². The summed E-state index contributed by atoms with van der Waals surface area (Å²) in [6.45, 7) is 3.32. The van der Waals surface area contributed by atoms with E-state index in [1.165, 1.54) is 18.5 Å². The van der Waals surface area contributed by atoms with Crippen LogP contribution >= 0.6 is 0 Å². The standard InChI is InChI=1S/C20H23N7O3/c1-13-7-9-26(20(28)24-14-4-3-5-15(10-14)27(29)30)11-17(13)25(2)19-16-6-8-21-18(16)22-12-23-19/h3-6,8,10,12-13,17H,7,9,11H2,1-2H3,(H,24,28)(H,21,22,23). The first-order valence-electron chi connectivity index (χ1n) is 9.75. The van der Waals surface area contributed by atoms with E-state index < -0.39 is 4.92 Å². The predicted molar refractivity (Wildman–Crippen MR) is 114 cm³/mol. The van der Waals surface area contributed by atoms with E-state index in [1.807, 2.05) is 19.3 Å². The number of hydrogen-bond acceptors (Lipinski definition) is 6. The molecule has 156 valence electrons. The van der Waals surface area contributed by atoms with Crippen LogP contribution in [0.1, 0.15) is 13.3 Å². The molecule has 2 unspecified atom stereocenters. The number of likely N-dealkylation sites (N-methyl/N-ethyl adjacent to an activating group) is 1. The topological polar surface area (TPSA) is 120 Å². The molecule has 30 heavy (non-hydrogen) atoms. The summed E-state index contributed by atoms with van der Waals surface area (Å²) >= 11 is 0. The predicted octanol–water partition coefficient (Wildman–Crippen LogP) is 3.24. The van der Waals surface area contributed by atoms with E-state index in [-0.39, 0.29) is 17.8 Å². The number of nitro groups is 1. The maximum Gasteiger partial charge on any atom is 0.321 e. The van der Waals surface area contributed by atoms with E-state index in [2.05, 4.69) is 32.1 Å². The number of rotatable bonds is 4. The van der Waals surface area contributed by atoms with E-state index in [4.69, 9.17) is 0 Å². The molecule has 1 aliphatic rings. The molecule has 0 spiro atoms.